The summed E-state index contributed by atoms with van der Waals surface area (Å²) in [5, 5.41) is 0. The highest BCUT2D eigenvalue weighted by Gasteiger charge is 2.01. The van der Waals surface area contributed by atoms with E-state index in [0.717, 1.165) is 22.6 Å². The van der Waals surface area contributed by atoms with E-state index in [1.807, 2.05) is 41.7 Å². The number of imidazole rings is 1. The van der Waals surface area contributed by atoms with Crippen molar-refractivity contribution in [3.63, 3.8) is 0 Å². The number of para-hydroxylation sites is 2. The highest BCUT2D eigenvalue weighted by atomic mass is 32.2. The summed E-state index contributed by atoms with van der Waals surface area (Å²) in [5.74, 6) is 4.47. The van der Waals surface area contributed by atoms with Gasteiger partial charge in [0.15, 0.2) is 0 Å². The van der Waals surface area contributed by atoms with Crippen molar-refractivity contribution in [2.75, 3.05) is 17.8 Å². The molecule has 80 valence electrons. The minimum absolute atomic E-state index is 0.981. The zero-order valence-corrected chi connectivity index (χ0v) is 10.3. The number of benzene rings is 1. The van der Waals surface area contributed by atoms with Crippen molar-refractivity contribution in [1.29, 1.82) is 0 Å². The maximum atomic E-state index is 4.53. The Kier molecular flexibility index (Phi) is 3.97. The maximum Gasteiger partial charge on any atom is 0.117 e. The van der Waals surface area contributed by atoms with Gasteiger partial charge in [0.25, 0.3) is 0 Å². The van der Waals surface area contributed by atoms with Crippen molar-refractivity contribution < 1.29 is 0 Å². The molecule has 1 N–H and O–H groups in total. The van der Waals surface area contributed by atoms with Gasteiger partial charge in [-0.15, -0.1) is 0 Å². The minimum atomic E-state index is 0.981. The number of nitrogens with one attached hydrogen (secondary N) is 1. The standard InChI is InChI=1S/C11H14N2S2/c1-14-6-7-15-8-11-12-9-4-2-3-5-10(9)13-11/h2-5H,6-8H2,1H3,(H,12,13). The number of aromatic amines is 1. The fourth-order valence-electron chi connectivity index (χ4n) is 1.39. The van der Waals surface area contributed by atoms with Crippen LogP contribution in [0, 0.1) is 0 Å². The Morgan fingerprint density at radius 2 is 2.13 bits per heavy atom. The molecular weight excluding hydrogens is 224 g/mol. The van der Waals surface area contributed by atoms with Crippen molar-refractivity contribution in [3.8, 4) is 0 Å². The van der Waals surface area contributed by atoms with Gasteiger partial charge >= 0.3 is 0 Å². The average Bonchev–Trinajstić information content (AvgIpc) is 2.67. The minimum Gasteiger partial charge on any atom is -0.341 e. The summed E-state index contributed by atoms with van der Waals surface area (Å²) in [6.07, 6.45) is 2.14. The Hall–Kier alpha value is -0.610. The SMILES string of the molecule is CSCCSCc1nc2ccccc2[nH]1. The molecule has 4 heteroatoms. The van der Waals surface area contributed by atoms with Crippen molar-refractivity contribution in [2.45, 2.75) is 5.75 Å². The number of aromatic nitrogens is 2. The van der Waals surface area contributed by atoms with Crippen LogP contribution in [0.15, 0.2) is 24.3 Å². The molecule has 1 aromatic heterocycles. The zero-order valence-electron chi connectivity index (χ0n) is 8.69. The predicted molar refractivity (Wildman–Crippen MR) is 70.6 cm³/mol. The van der Waals surface area contributed by atoms with Crippen LogP contribution in [0.2, 0.25) is 0 Å². The van der Waals surface area contributed by atoms with Crippen LogP contribution in [0.1, 0.15) is 5.82 Å². The topological polar surface area (TPSA) is 28.7 Å². The van der Waals surface area contributed by atoms with Crippen molar-refractivity contribution in [2.24, 2.45) is 0 Å². The summed E-state index contributed by atoms with van der Waals surface area (Å²) in [4.78, 5) is 7.86. The quantitative estimate of drug-likeness (QED) is 0.811. The van der Waals surface area contributed by atoms with Crippen LogP contribution in [0.5, 0.6) is 0 Å². The fourth-order valence-corrected chi connectivity index (χ4v) is 3.00. The molecule has 1 heterocycles. The number of rotatable bonds is 5. The van der Waals surface area contributed by atoms with Crippen molar-refractivity contribution >= 4 is 34.6 Å². The molecule has 0 amide bonds. The van der Waals surface area contributed by atoms with Crippen LogP contribution in [0.3, 0.4) is 0 Å². The Labute approximate surface area is 98.2 Å². The summed E-state index contributed by atoms with van der Waals surface area (Å²) in [7, 11) is 0. The van der Waals surface area contributed by atoms with Crippen molar-refractivity contribution in [3.05, 3.63) is 30.1 Å². The smallest absolute Gasteiger partial charge is 0.117 e. The van der Waals surface area contributed by atoms with Crippen LogP contribution in [-0.4, -0.2) is 27.7 Å². The van der Waals surface area contributed by atoms with E-state index in [1.165, 1.54) is 11.5 Å². The number of H-pyrrole nitrogens is 1. The van der Waals surface area contributed by atoms with E-state index >= 15 is 0 Å². The fraction of sp³-hybridized carbons (Fsp3) is 0.364. The molecule has 0 saturated heterocycles. The van der Waals surface area contributed by atoms with Gasteiger partial charge in [0.05, 0.1) is 16.8 Å². The van der Waals surface area contributed by atoms with Gasteiger partial charge in [0, 0.05) is 11.5 Å². The van der Waals surface area contributed by atoms with Gasteiger partial charge in [-0.05, 0) is 18.4 Å². The molecule has 15 heavy (non-hydrogen) atoms. The van der Waals surface area contributed by atoms with Gasteiger partial charge in [-0.1, -0.05) is 12.1 Å². The summed E-state index contributed by atoms with van der Waals surface area (Å²) in [6, 6.07) is 8.17. The average molecular weight is 238 g/mol. The van der Waals surface area contributed by atoms with E-state index < -0.39 is 0 Å². The second-order valence-electron chi connectivity index (χ2n) is 3.25. The molecule has 2 nitrogen and oxygen atoms in total. The Balaban J connectivity index is 1.97. The molecule has 0 unspecified atom stereocenters. The first-order valence-electron chi connectivity index (χ1n) is 4.90. The first kappa shape index (κ1) is 10.9. The van der Waals surface area contributed by atoms with Crippen LogP contribution in [0.4, 0.5) is 0 Å². The second-order valence-corrected chi connectivity index (χ2v) is 5.34. The number of hydrogen-bond donors (Lipinski definition) is 1. The third-order valence-electron chi connectivity index (χ3n) is 2.11. The number of thioether (sulfide) groups is 2. The van der Waals surface area contributed by atoms with Gasteiger partial charge in [-0.2, -0.15) is 23.5 Å². The largest absolute Gasteiger partial charge is 0.341 e. The third-order valence-corrected chi connectivity index (χ3v) is 3.95. The van der Waals surface area contributed by atoms with Gasteiger partial charge < -0.3 is 4.98 Å². The molecule has 0 bridgehead atoms. The number of fused-ring (bicyclic) bond motifs is 1. The molecule has 0 aliphatic rings. The van der Waals surface area contributed by atoms with Gasteiger partial charge in [0.1, 0.15) is 5.82 Å². The van der Waals surface area contributed by atoms with E-state index in [9.17, 15) is 0 Å². The Morgan fingerprint density at radius 1 is 1.27 bits per heavy atom. The van der Waals surface area contributed by atoms with E-state index in [0.29, 0.717) is 0 Å². The third kappa shape index (κ3) is 2.92. The lowest BCUT2D eigenvalue weighted by Gasteiger charge is -1.96. The molecule has 0 radical (unpaired) electrons. The summed E-state index contributed by atoms with van der Waals surface area (Å²) < 4.78 is 0. The monoisotopic (exact) mass is 238 g/mol. The first-order chi connectivity index (χ1) is 7.40. The van der Waals surface area contributed by atoms with Gasteiger partial charge in [-0.3, -0.25) is 0 Å². The number of hydrogen-bond acceptors (Lipinski definition) is 3. The second kappa shape index (κ2) is 5.47. The van der Waals surface area contributed by atoms with E-state index in [4.69, 9.17) is 0 Å². The highest BCUT2D eigenvalue weighted by Crippen LogP contribution is 2.15. The molecular formula is C11H14N2S2. The number of nitrogens with zero attached hydrogens (tertiary/aromatic N) is 1. The van der Waals surface area contributed by atoms with E-state index in [1.54, 1.807) is 0 Å². The molecule has 0 spiro atoms. The molecule has 0 aliphatic heterocycles. The molecule has 0 saturated carbocycles. The summed E-state index contributed by atoms with van der Waals surface area (Å²) >= 11 is 3.82. The van der Waals surface area contributed by atoms with E-state index in [2.05, 4.69) is 22.3 Å². The lowest BCUT2D eigenvalue weighted by atomic mass is 10.3. The summed E-state index contributed by atoms with van der Waals surface area (Å²) in [5.41, 5.74) is 2.20. The van der Waals surface area contributed by atoms with Crippen molar-refractivity contribution in [1.82, 2.24) is 9.97 Å². The van der Waals surface area contributed by atoms with Gasteiger partial charge in [0.2, 0.25) is 0 Å². The summed E-state index contributed by atoms with van der Waals surface area (Å²) in [6.45, 7) is 0. The van der Waals surface area contributed by atoms with E-state index in [-0.39, 0.29) is 0 Å². The van der Waals surface area contributed by atoms with Crippen LogP contribution in [-0.2, 0) is 5.75 Å². The Bertz CT molecular complexity index is 392. The van der Waals surface area contributed by atoms with Crippen LogP contribution in [0.25, 0.3) is 11.0 Å². The lowest BCUT2D eigenvalue weighted by molar-refractivity contribution is 1.14. The van der Waals surface area contributed by atoms with Crippen LogP contribution < -0.4 is 0 Å². The first-order valence-corrected chi connectivity index (χ1v) is 7.45. The normalized spacial score (nSPS) is 11.0. The molecule has 1 aromatic carbocycles. The maximum absolute atomic E-state index is 4.53. The molecule has 0 aliphatic carbocycles. The molecule has 0 atom stereocenters. The predicted octanol–water partition coefficient (Wildman–Crippen LogP) is 3.16. The molecule has 0 fully saturated rings. The zero-order chi connectivity index (χ0) is 10.5. The Morgan fingerprint density at radius 3 is 2.93 bits per heavy atom. The van der Waals surface area contributed by atoms with Gasteiger partial charge in [-0.25, -0.2) is 4.98 Å². The lowest BCUT2D eigenvalue weighted by Crippen LogP contribution is -1.87. The highest BCUT2D eigenvalue weighted by molar-refractivity contribution is 8.02. The molecule has 2 aromatic rings. The molecule has 2 rings (SSSR count). The van der Waals surface area contributed by atoms with Crippen LogP contribution >= 0.6 is 23.5 Å².